The van der Waals surface area contributed by atoms with Crippen LogP contribution in [0.5, 0.6) is 5.88 Å². The SMILES string of the molecule is COc1ccc2c(C3CNCC(C)C3)c[nH]c2n1. The van der Waals surface area contributed by atoms with Gasteiger partial charge in [0.05, 0.1) is 7.11 Å². The van der Waals surface area contributed by atoms with Crippen molar-refractivity contribution in [2.75, 3.05) is 20.2 Å². The third kappa shape index (κ3) is 1.97. The van der Waals surface area contributed by atoms with Gasteiger partial charge >= 0.3 is 0 Å². The Hall–Kier alpha value is -1.55. The van der Waals surface area contributed by atoms with Gasteiger partial charge in [-0.1, -0.05) is 6.92 Å². The van der Waals surface area contributed by atoms with Crippen LogP contribution in [-0.2, 0) is 0 Å². The number of ether oxygens (including phenoxy) is 1. The summed E-state index contributed by atoms with van der Waals surface area (Å²) in [5.41, 5.74) is 2.29. The maximum atomic E-state index is 5.15. The van der Waals surface area contributed by atoms with E-state index in [0.717, 1.165) is 24.7 Å². The van der Waals surface area contributed by atoms with Gasteiger partial charge in [-0.05, 0) is 36.4 Å². The van der Waals surface area contributed by atoms with Crippen LogP contribution in [0.1, 0.15) is 24.8 Å². The average molecular weight is 245 g/mol. The zero-order chi connectivity index (χ0) is 12.5. The third-order valence-corrected chi connectivity index (χ3v) is 3.76. The number of methoxy groups -OCH3 is 1. The molecule has 2 N–H and O–H groups in total. The van der Waals surface area contributed by atoms with Gasteiger partial charge in [0.25, 0.3) is 0 Å². The summed E-state index contributed by atoms with van der Waals surface area (Å²) in [6, 6.07) is 4.03. The second kappa shape index (κ2) is 4.61. The number of aromatic nitrogens is 2. The van der Waals surface area contributed by atoms with Gasteiger partial charge in [0.15, 0.2) is 0 Å². The van der Waals surface area contributed by atoms with Crippen LogP contribution in [0.2, 0.25) is 0 Å². The summed E-state index contributed by atoms with van der Waals surface area (Å²) < 4.78 is 5.15. The Labute approximate surface area is 107 Å². The lowest BCUT2D eigenvalue weighted by atomic mass is 9.86. The Balaban J connectivity index is 1.97. The Morgan fingerprint density at radius 2 is 2.22 bits per heavy atom. The largest absolute Gasteiger partial charge is 0.481 e. The van der Waals surface area contributed by atoms with Gasteiger partial charge in [0, 0.05) is 24.2 Å². The van der Waals surface area contributed by atoms with E-state index in [9.17, 15) is 0 Å². The van der Waals surface area contributed by atoms with Gasteiger partial charge in [-0.25, -0.2) is 0 Å². The molecule has 0 amide bonds. The first-order valence-electron chi connectivity index (χ1n) is 6.50. The van der Waals surface area contributed by atoms with Crippen molar-refractivity contribution in [3.63, 3.8) is 0 Å². The molecule has 4 heteroatoms. The number of nitrogens with zero attached hydrogens (tertiary/aromatic N) is 1. The monoisotopic (exact) mass is 245 g/mol. The average Bonchev–Trinajstić information content (AvgIpc) is 2.81. The summed E-state index contributed by atoms with van der Waals surface area (Å²) in [5, 5.41) is 4.72. The number of nitrogens with one attached hydrogen (secondary N) is 2. The molecular formula is C14H19N3O. The minimum atomic E-state index is 0.581. The third-order valence-electron chi connectivity index (χ3n) is 3.76. The molecule has 0 radical (unpaired) electrons. The maximum absolute atomic E-state index is 5.15. The number of H-pyrrole nitrogens is 1. The fourth-order valence-corrected chi connectivity index (χ4v) is 2.85. The molecule has 0 saturated carbocycles. The number of hydrogen-bond acceptors (Lipinski definition) is 3. The second-order valence-electron chi connectivity index (χ2n) is 5.19. The topological polar surface area (TPSA) is 49.9 Å². The van der Waals surface area contributed by atoms with Crippen LogP contribution in [0.3, 0.4) is 0 Å². The van der Waals surface area contributed by atoms with Gasteiger partial charge < -0.3 is 15.0 Å². The van der Waals surface area contributed by atoms with Crippen LogP contribution in [0, 0.1) is 5.92 Å². The molecule has 3 rings (SSSR count). The number of piperidine rings is 1. The molecule has 2 atom stereocenters. The summed E-state index contributed by atoms with van der Waals surface area (Å²) in [6.45, 7) is 4.49. The van der Waals surface area contributed by atoms with E-state index < -0.39 is 0 Å². The molecule has 1 aliphatic heterocycles. The molecule has 3 heterocycles. The van der Waals surface area contributed by atoms with Crippen molar-refractivity contribution in [3.05, 3.63) is 23.9 Å². The summed E-state index contributed by atoms with van der Waals surface area (Å²) >= 11 is 0. The summed E-state index contributed by atoms with van der Waals surface area (Å²) in [6.07, 6.45) is 3.34. The molecule has 0 aliphatic carbocycles. The summed E-state index contributed by atoms with van der Waals surface area (Å²) in [7, 11) is 1.64. The number of fused-ring (bicyclic) bond motifs is 1. The molecule has 0 bridgehead atoms. The van der Waals surface area contributed by atoms with E-state index in [0.29, 0.717) is 11.8 Å². The highest BCUT2D eigenvalue weighted by molar-refractivity contribution is 5.81. The normalized spacial score (nSPS) is 24.3. The fraction of sp³-hybridized carbons (Fsp3) is 0.500. The summed E-state index contributed by atoms with van der Waals surface area (Å²) in [4.78, 5) is 7.69. The van der Waals surface area contributed by atoms with Gasteiger partial charge in [-0.15, -0.1) is 0 Å². The van der Waals surface area contributed by atoms with E-state index in [2.05, 4.69) is 34.5 Å². The molecule has 96 valence electrons. The number of hydrogen-bond donors (Lipinski definition) is 2. The highest BCUT2D eigenvalue weighted by Gasteiger charge is 2.22. The Bertz CT molecular complexity index is 549. The molecule has 2 aromatic heterocycles. The fourth-order valence-electron chi connectivity index (χ4n) is 2.85. The van der Waals surface area contributed by atoms with Gasteiger partial charge in [-0.3, -0.25) is 0 Å². The standard InChI is InChI=1S/C14H19N3O/c1-9-5-10(7-15-6-9)12-8-16-14-11(12)3-4-13(17-14)18-2/h3-4,8-10,15H,5-7H2,1-2H3,(H,16,17). The number of pyridine rings is 1. The van der Waals surface area contributed by atoms with Crippen molar-refractivity contribution in [3.8, 4) is 5.88 Å². The van der Waals surface area contributed by atoms with Crippen molar-refractivity contribution in [2.45, 2.75) is 19.3 Å². The molecule has 0 spiro atoms. The van der Waals surface area contributed by atoms with E-state index in [-0.39, 0.29) is 0 Å². The molecule has 18 heavy (non-hydrogen) atoms. The molecular weight excluding hydrogens is 226 g/mol. The number of rotatable bonds is 2. The van der Waals surface area contributed by atoms with Crippen LogP contribution < -0.4 is 10.1 Å². The molecule has 1 fully saturated rings. The zero-order valence-corrected chi connectivity index (χ0v) is 10.9. The van der Waals surface area contributed by atoms with E-state index in [4.69, 9.17) is 4.74 Å². The molecule has 4 nitrogen and oxygen atoms in total. The van der Waals surface area contributed by atoms with Crippen molar-refractivity contribution in [2.24, 2.45) is 5.92 Å². The summed E-state index contributed by atoms with van der Waals surface area (Å²) in [5.74, 6) is 1.98. The molecule has 0 aromatic carbocycles. The van der Waals surface area contributed by atoms with E-state index in [1.165, 1.54) is 17.4 Å². The predicted molar refractivity (Wildman–Crippen MR) is 72.0 cm³/mol. The quantitative estimate of drug-likeness (QED) is 0.853. The van der Waals surface area contributed by atoms with Crippen molar-refractivity contribution in [1.82, 2.24) is 15.3 Å². The first kappa shape index (κ1) is 11.5. The Morgan fingerprint density at radius 1 is 1.33 bits per heavy atom. The lowest BCUT2D eigenvalue weighted by molar-refractivity contribution is 0.365. The van der Waals surface area contributed by atoms with Gasteiger partial charge in [-0.2, -0.15) is 4.98 Å². The molecule has 1 saturated heterocycles. The predicted octanol–water partition coefficient (Wildman–Crippen LogP) is 2.28. The van der Waals surface area contributed by atoms with Crippen LogP contribution in [-0.4, -0.2) is 30.2 Å². The highest BCUT2D eigenvalue weighted by atomic mass is 16.5. The zero-order valence-electron chi connectivity index (χ0n) is 10.9. The van der Waals surface area contributed by atoms with Crippen molar-refractivity contribution >= 4 is 11.0 Å². The highest BCUT2D eigenvalue weighted by Crippen LogP contribution is 2.31. The number of aromatic amines is 1. The molecule has 2 aromatic rings. The smallest absolute Gasteiger partial charge is 0.214 e. The van der Waals surface area contributed by atoms with Gasteiger partial charge in [0.1, 0.15) is 5.65 Å². The lowest BCUT2D eigenvalue weighted by Gasteiger charge is -2.27. The maximum Gasteiger partial charge on any atom is 0.214 e. The molecule has 1 aliphatic rings. The van der Waals surface area contributed by atoms with E-state index in [1.54, 1.807) is 7.11 Å². The lowest BCUT2D eigenvalue weighted by Crippen LogP contribution is -2.33. The Kier molecular flexibility index (Phi) is 2.96. The van der Waals surface area contributed by atoms with Crippen LogP contribution in [0.4, 0.5) is 0 Å². The van der Waals surface area contributed by atoms with Crippen LogP contribution in [0.25, 0.3) is 11.0 Å². The molecule has 2 unspecified atom stereocenters. The van der Waals surface area contributed by atoms with Crippen LogP contribution in [0.15, 0.2) is 18.3 Å². The van der Waals surface area contributed by atoms with Gasteiger partial charge in [0.2, 0.25) is 5.88 Å². The van der Waals surface area contributed by atoms with Crippen LogP contribution >= 0.6 is 0 Å². The minimum absolute atomic E-state index is 0.581. The van der Waals surface area contributed by atoms with Crippen molar-refractivity contribution < 1.29 is 4.74 Å². The van der Waals surface area contributed by atoms with E-state index >= 15 is 0 Å². The van der Waals surface area contributed by atoms with Crippen molar-refractivity contribution in [1.29, 1.82) is 0 Å². The first-order valence-corrected chi connectivity index (χ1v) is 6.50. The Morgan fingerprint density at radius 3 is 3.00 bits per heavy atom. The second-order valence-corrected chi connectivity index (χ2v) is 5.19. The first-order chi connectivity index (χ1) is 8.78. The minimum Gasteiger partial charge on any atom is -0.481 e. The van der Waals surface area contributed by atoms with E-state index in [1.807, 2.05) is 6.07 Å².